The molecule has 0 aliphatic heterocycles. The summed E-state index contributed by atoms with van der Waals surface area (Å²) in [7, 11) is 0. The van der Waals surface area contributed by atoms with Gasteiger partial charge in [0.25, 0.3) is 0 Å². The lowest BCUT2D eigenvalue weighted by molar-refractivity contribution is -0.141. The molecular formula is C16H29NO3. The third-order valence-corrected chi connectivity index (χ3v) is 4.34. The van der Waals surface area contributed by atoms with Crippen LogP contribution in [0.15, 0.2) is 0 Å². The van der Waals surface area contributed by atoms with Crippen molar-refractivity contribution in [2.24, 2.45) is 23.7 Å². The lowest BCUT2D eigenvalue weighted by atomic mass is 9.69. The van der Waals surface area contributed by atoms with Gasteiger partial charge in [-0.2, -0.15) is 0 Å². The smallest absolute Gasteiger partial charge is 0.302 e. The summed E-state index contributed by atoms with van der Waals surface area (Å²) in [6.45, 7) is 8.84. The van der Waals surface area contributed by atoms with Crippen LogP contribution in [0.1, 0.15) is 53.4 Å². The van der Waals surface area contributed by atoms with Crippen molar-refractivity contribution in [2.75, 3.05) is 13.2 Å². The lowest BCUT2D eigenvalue weighted by Crippen LogP contribution is -2.34. The number of amides is 1. The quantitative estimate of drug-likeness (QED) is 0.602. The summed E-state index contributed by atoms with van der Waals surface area (Å²) < 4.78 is 4.81. The fourth-order valence-corrected chi connectivity index (χ4v) is 3.33. The molecule has 0 heterocycles. The second kappa shape index (κ2) is 8.28. The molecule has 1 rings (SSSR count). The Hall–Kier alpha value is -1.06. The maximum atomic E-state index is 12.0. The molecule has 0 spiro atoms. The number of esters is 1. The van der Waals surface area contributed by atoms with Gasteiger partial charge in [0, 0.05) is 13.3 Å². The predicted molar refractivity (Wildman–Crippen MR) is 79.1 cm³/mol. The molecular weight excluding hydrogens is 254 g/mol. The van der Waals surface area contributed by atoms with Gasteiger partial charge in [-0.15, -0.1) is 0 Å². The Morgan fingerprint density at radius 2 is 2.00 bits per heavy atom. The fourth-order valence-electron chi connectivity index (χ4n) is 3.33. The van der Waals surface area contributed by atoms with Crippen molar-refractivity contribution in [2.45, 2.75) is 53.4 Å². The van der Waals surface area contributed by atoms with Crippen molar-refractivity contribution in [3.05, 3.63) is 0 Å². The first-order chi connectivity index (χ1) is 9.40. The third-order valence-electron chi connectivity index (χ3n) is 4.34. The standard InChI is InChI=1S/C16H29NO3/c1-11(2)15-6-5-12(3)9-14(15)10-16(19)17-7-8-20-13(4)18/h11-12,14-15H,5-10H2,1-4H3,(H,17,19). The summed E-state index contributed by atoms with van der Waals surface area (Å²) in [5, 5.41) is 2.84. The summed E-state index contributed by atoms with van der Waals surface area (Å²) in [5.41, 5.74) is 0. The van der Waals surface area contributed by atoms with Crippen LogP contribution in [0.2, 0.25) is 0 Å². The van der Waals surface area contributed by atoms with E-state index < -0.39 is 0 Å². The lowest BCUT2D eigenvalue weighted by Gasteiger charge is -2.37. The second-order valence-corrected chi connectivity index (χ2v) is 6.48. The summed E-state index contributed by atoms with van der Waals surface area (Å²) in [6, 6.07) is 0. The maximum absolute atomic E-state index is 12.0. The molecule has 0 aromatic rings. The molecule has 1 aliphatic rings. The topological polar surface area (TPSA) is 55.4 Å². The number of nitrogens with one attached hydrogen (secondary N) is 1. The molecule has 3 atom stereocenters. The average molecular weight is 283 g/mol. The van der Waals surface area contributed by atoms with Gasteiger partial charge in [-0.3, -0.25) is 9.59 Å². The van der Waals surface area contributed by atoms with E-state index in [0.717, 1.165) is 12.3 Å². The minimum Gasteiger partial charge on any atom is -0.464 e. The summed E-state index contributed by atoms with van der Waals surface area (Å²) in [6.07, 6.45) is 4.28. The van der Waals surface area contributed by atoms with Crippen LogP contribution in [0.4, 0.5) is 0 Å². The Kier molecular flexibility index (Phi) is 7.03. The minimum atomic E-state index is -0.305. The molecule has 0 aromatic carbocycles. The highest BCUT2D eigenvalue weighted by Gasteiger charge is 2.31. The molecule has 3 unspecified atom stereocenters. The number of ether oxygens (including phenoxy) is 1. The van der Waals surface area contributed by atoms with E-state index in [1.54, 1.807) is 0 Å². The molecule has 1 fully saturated rings. The zero-order valence-electron chi connectivity index (χ0n) is 13.3. The normalized spacial score (nSPS) is 26.4. The number of hydrogen-bond acceptors (Lipinski definition) is 3. The van der Waals surface area contributed by atoms with Crippen LogP contribution in [0.3, 0.4) is 0 Å². The Bertz CT molecular complexity index is 328. The van der Waals surface area contributed by atoms with E-state index in [1.807, 2.05) is 0 Å². The summed E-state index contributed by atoms with van der Waals surface area (Å²) >= 11 is 0. The first-order valence-corrected chi connectivity index (χ1v) is 7.80. The van der Waals surface area contributed by atoms with Gasteiger partial charge in [0.05, 0.1) is 6.54 Å². The SMILES string of the molecule is CC(=O)OCCNC(=O)CC1CC(C)CCC1C(C)C. The number of rotatable bonds is 6. The number of carbonyl (C=O) groups excluding carboxylic acids is 2. The maximum Gasteiger partial charge on any atom is 0.302 e. The van der Waals surface area contributed by atoms with Crippen LogP contribution in [-0.4, -0.2) is 25.0 Å². The van der Waals surface area contributed by atoms with E-state index in [2.05, 4.69) is 26.1 Å². The minimum absolute atomic E-state index is 0.0851. The Morgan fingerprint density at radius 1 is 1.30 bits per heavy atom. The van der Waals surface area contributed by atoms with Crippen molar-refractivity contribution in [3.63, 3.8) is 0 Å². The Morgan fingerprint density at radius 3 is 2.60 bits per heavy atom. The first kappa shape index (κ1) is 17.0. The van der Waals surface area contributed by atoms with Gasteiger partial charge in [0.15, 0.2) is 0 Å². The van der Waals surface area contributed by atoms with Crippen molar-refractivity contribution < 1.29 is 14.3 Å². The van der Waals surface area contributed by atoms with Gasteiger partial charge < -0.3 is 10.1 Å². The first-order valence-electron chi connectivity index (χ1n) is 7.80. The van der Waals surface area contributed by atoms with Gasteiger partial charge in [-0.25, -0.2) is 0 Å². The van der Waals surface area contributed by atoms with E-state index in [1.165, 1.54) is 19.8 Å². The molecule has 1 saturated carbocycles. The zero-order valence-corrected chi connectivity index (χ0v) is 13.3. The average Bonchev–Trinajstić information content (AvgIpc) is 2.34. The highest BCUT2D eigenvalue weighted by Crippen LogP contribution is 2.39. The molecule has 116 valence electrons. The van der Waals surface area contributed by atoms with Gasteiger partial charge in [-0.1, -0.05) is 27.2 Å². The van der Waals surface area contributed by atoms with Crippen LogP contribution in [0, 0.1) is 23.7 Å². The largest absolute Gasteiger partial charge is 0.464 e. The predicted octanol–water partition coefficient (Wildman–Crippen LogP) is 2.76. The molecule has 1 amide bonds. The van der Waals surface area contributed by atoms with Gasteiger partial charge in [0.2, 0.25) is 5.91 Å². The van der Waals surface area contributed by atoms with Gasteiger partial charge in [0.1, 0.15) is 6.61 Å². The van der Waals surface area contributed by atoms with Crippen molar-refractivity contribution in [1.29, 1.82) is 0 Å². The zero-order chi connectivity index (χ0) is 15.1. The van der Waals surface area contributed by atoms with Crippen LogP contribution in [-0.2, 0) is 14.3 Å². The van der Waals surface area contributed by atoms with E-state index in [-0.39, 0.29) is 18.5 Å². The molecule has 4 heteroatoms. The van der Waals surface area contributed by atoms with Crippen LogP contribution in [0.25, 0.3) is 0 Å². The van der Waals surface area contributed by atoms with E-state index >= 15 is 0 Å². The van der Waals surface area contributed by atoms with Gasteiger partial charge >= 0.3 is 5.97 Å². The fraction of sp³-hybridized carbons (Fsp3) is 0.875. The molecule has 0 bridgehead atoms. The monoisotopic (exact) mass is 283 g/mol. The van der Waals surface area contributed by atoms with Crippen molar-refractivity contribution in [3.8, 4) is 0 Å². The van der Waals surface area contributed by atoms with Crippen LogP contribution >= 0.6 is 0 Å². The molecule has 0 radical (unpaired) electrons. The highest BCUT2D eigenvalue weighted by atomic mass is 16.5. The summed E-state index contributed by atoms with van der Waals surface area (Å²) in [4.78, 5) is 22.6. The van der Waals surface area contributed by atoms with E-state index in [4.69, 9.17) is 4.74 Å². The van der Waals surface area contributed by atoms with Gasteiger partial charge in [-0.05, 0) is 36.5 Å². The summed E-state index contributed by atoms with van der Waals surface area (Å²) in [5.74, 6) is 2.30. The van der Waals surface area contributed by atoms with Crippen LogP contribution in [0.5, 0.6) is 0 Å². The Balaban J connectivity index is 2.35. The molecule has 0 saturated heterocycles. The number of carbonyl (C=O) groups is 2. The molecule has 0 aromatic heterocycles. The third kappa shape index (κ3) is 5.93. The molecule has 1 aliphatic carbocycles. The molecule has 20 heavy (non-hydrogen) atoms. The second-order valence-electron chi connectivity index (χ2n) is 6.48. The van der Waals surface area contributed by atoms with Crippen molar-refractivity contribution >= 4 is 11.9 Å². The van der Waals surface area contributed by atoms with E-state index in [9.17, 15) is 9.59 Å². The molecule has 1 N–H and O–H groups in total. The van der Waals surface area contributed by atoms with Crippen LogP contribution < -0.4 is 5.32 Å². The molecule has 4 nitrogen and oxygen atoms in total. The number of hydrogen-bond donors (Lipinski definition) is 1. The van der Waals surface area contributed by atoms with Crippen molar-refractivity contribution in [1.82, 2.24) is 5.32 Å². The van der Waals surface area contributed by atoms with E-state index in [0.29, 0.717) is 30.7 Å². The highest BCUT2D eigenvalue weighted by molar-refractivity contribution is 5.76. The Labute approximate surface area is 122 Å².